The number of aliphatic carboxylic acids is 1. The minimum atomic E-state index is -0.612. The van der Waals surface area contributed by atoms with Gasteiger partial charge in [-0.05, 0) is 49.1 Å². The number of hydrogen-bond acceptors (Lipinski definition) is 2. The average molecular weight is 266 g/mol. The summed E-state index contributed by atoms with van der Waals surface area (Å²) in [6.07, 6.45) is 3.07. The van der Waals surface area contributed by atoms with Gasteiger partial charge in [-0.25, -0.2) is 0 Å². The highest BCUT2D eigenvalue weighted by Gasteiger charge is 2.46. The van der Waals surface area contributed by atoms with E-state index in [1.807, 2.05) is 11.3 Å². The van der Waals surface area contributed by atoms with Crippen LogP contribution in [-0.4, -0.2) is 11.1 Å². The van der Waals surface area contributed by atoms with Crippen LogP contribution in [0.4, 0.5) is 0 Å². The van der Waals surface area contributed by atoms with E-state index in [0.717, 1.165) is 19.3 Å². The van der Waals surface area contributed by atoms with E-state index >= 15 is 0 Å². The lowest BCUT2D eigenvalue weighted by Crippen LogP contribution is -2.07. The maximum absolute atomic E-state index is 10.9. The highest BCUT2D eigenvalue weighted by molar-refractivity contribution is 7.11. The first-order chi connectivity index (χ1) is 8.47. The number of carboxylic acid groups (broad SMARTS) is 1. The zero-order valence-corrected chi connectivity index (χ0v) is 12.2. The Kier molecular flexibility index (Phi) is 4.10. The molecule has 2 nitrogen and oxygen atoms in total. The molecule has 2 rings (SSSR count). The molecule has 0 spiro atoms. The highest BCUT2D eigenvalue weighted by atomic mass is 32.1. The zero-order valence-electron chi connectivity index (χ0n) is 11.3. The molecule has 0 amide bonds. The molecule has 1 aliphatic rings. The molecule has 1 heterocycles. The highest BCUT2D eigenvalue weighted by Crippen LogP contribution is 2.45. The van der Waals surface area contributed by atoms with E-state index in [9.17, 15) is 4.79 Å². The molecule has 1 aromatic heterocycles. The molecule has 3 unspecified atom stereocenters. The maximum atomic E-state index is 10.9. The molecule has 1 aromatic rings. The maximum Gasteiger partial charge on any atom is 0.306 e. The van der Waals surface area contributed by atoms with Crippen LogP contribution in [0.15, 0.2) is 12.1 Å². The van der Waals surface area contributed by atoms with E-state index in [-0.39, 0.29) is 5.92 Å². The first kappa shape index (κ1) is 13.6. The van der Waals surface area contributed by atoms with Gasteiger partial charge < -0.3 is 5.11 Å². The number of carbonyl (C=O) groups is 1. The van der Waals surface area contributed by atoms with Crippen molar-refractivity contribution in [3.8, 4) is 0 Å². The summed E-state index contributed by atoms with van der Waals surface area (Å²) >= 11 is 1.90. The molecule has 0 bridgehead atoms. The lowest BCUT2D eigenvalue weighted by molar-refractivity contribution is -0.139. The minimum Gasteiger partial charge on any atom is -0.481 e. The SMILES string of the molecule is CC(C)Cc1ccc(CC(C)C2CC2C(=O)O)s1. The van der Waals surface area contributed by atoms with Crippen LogP contribution in [0.25, 0.3) is 0 Å². The van der Waals surface area contributed by atoms with Crippen LogP contribution in [-0.2, 0) is 17.6 Å². The van der Waals surface area contributed by atoms with Gasteiger partial charge in [0.25, 0.3) is 0 Å². The van der Waals surface area contributed by atoms with Crippen LogP contribution < -0.4 is 0 Å². The van der Waals surface area contributed by atoms with Gasteiger partial charge in [0.15, 0.2) is 0 Å². The normalized spacial score (nSPS) is 24.2. The smallest absolute Gasteiger partial charge is 0.306 e. The van der Waals surface area contributed by atoms with E-state index in [2.05, 4.69) is 32.9 Å². The number of thiophene rings is 1. The Bertz CT molecular complexity index is 422. The fraction of sp³-hybridized carbons (Fsp3) is 0.667. The summed E-state index contributed by atoms with van der Waals surface area (Å²) in [6.45, 7) is 6.67. The van der Waals surface area contributed by atoms with Gasteiger partial charge in [-0.3, -0.25) is 4.79 Å². The second-order valence-corrected chi connectivity index (χ2v) is 7.24. The standard InChI is InChI=1S/C15H22O2S/c1-9(2)6-11-4-5-12(18-11)7-10(3)13-8-14(13)15(16)17/h4-5,9-10,13-14H,6-8H2,1-3H3,(H,16,17). The average Bonchev–Trinajstić information content (AvgIpc) is 2.96. The molecule has 1 saturated carbocycles. The van der Waals surface area contributed by atoms with Crippen molar-refractivity contribution < 1.29 is 9.90 Å². The molecule has 1 N–H and O–H groups in total. The van der Waals surface area contributed by atoms with Crippen LogP contribution in [0.5, 0.6) is 0 Å². The van der Waals surface area contributed by atoms with Crippen molar-refractivity contribution in [1.82, 2.24) is 0 Å². The van der Waals surface area contributed by atoms with Gasteiger partial charge in [0, 0.05) is 9.75 Å². The second kappa shape index (κ2) is 5.43. The van der Waals surface area contributed by atoms with Crippen LogP contribution >= 0.6 is 11.3 Å². The fourth-order valence-corrected chi connectivity index (χ4v) is 4.01. The molecule has 100 valence electrons. The first-order valence-corrected chi connectivity index (χ1v) is 7.59. The predicted octanol–water partition coefficient (Wildman–Crippen LogP) is 3.85. The van der Waals surface area contributed by atoms with E-state index in [1.54, 1.807) is 0 Å². The van der Waals surface area contributed by atoms with Gasteiger partial charge in [0.05, 0.1) is 5.92 Å². The van der Waals surface area contributed by atoms with E-state index in [4.69, 9.17) is 5.11 Å². The Morgan fingerprint density at radius 2 is 1.94 bits per heavy atom. The number of hydrogen-bond donors (Lipinski definition) is 1. The molecule has 0 aliphatic heterocycles. The summed E-state index contributed by atoms with van der Waals surface area (Å²) in [5.74, 6) is 0.914. The number of carboxylic acids is 1. The second-order valence-electron chi connectivity index (χ2n) is 5.99. The van der Waals surface area contributed by atoms with E-state index < -0.39 is 5.97 Å². The van der Waals surface area contributed by atoms with Gasteiger partial charge >= 0.3 is 5.97 Å². The molecule has 18 heavy (non-hydrogen) atoms. The van der Waals surface area contributed by atoms with E-state index in [1.165, 1.54) is 9.75 Å². The minimum absolute atomic E-state index is 0.0740. The van der Waals surface area contributed by atoms with Gasteiger partial charge in [0.1, 0.15) is 0 Å². The van der Waals surface area contributed by atoms with Crippen LogP contribution in [0.3, 0.4) is 0 Å². The molecule has 3 heteroatoms. The van der Waals surface area contributed by atoms with Crippen LogP contribution in [0, 0.1) is 23.7 Å². The third-order valence-electron chi connectivity index (χ3n) is 3.74. The summed E-state index contributed by atoms with van der Waals surface area (Å²) in [5.41, 5.74) is 0. The molecule has 3 atom stereocenters. The Balaban J connectivity index is 1.86. The van der Waals surface area contributed by atoms with Crippen LogP contribution in [0.1, 0.15) is 36.9 Å². The third kappa shape index (κ3) is 3.35. The summed E-state index contributed by atoms with van der Waals surface area (Å²) in [6, 6.07) is 4.45. The van der Waals surface area contributed by atoms with Gasteiger partial charge in [-0.1, -0.05) is 20.8 Å². The summed E-state index contributed by atoms with van der Waals surface area (Å²) in [7, 11) is 0. The zero-order chi connectivity index (χ0) is 13.3. The van der Waals surface area contributed by atoms with Crippen molar-refractivity contribution in [2.45, 2.75) is 40.0 Å². The van der Waals surface area contributed by atoms with Gasteiger partial charge in [0.2, 0.25) is 0 Å². The van der Waals surface area contributed by atoms with Crippen molar-refractivity contribution in [1.29, 1.82) is 0 Å². The summed E-state index contributed by atoms with van der Waals surface area (Å²) in [4.78, 5) is 13.7. The van der Waals surface area contributed by atoms with Gasteiger partial charge in [-0.15, -0.1) is 11.3 Å². The van der Waals surface area contributed by atoms with Gasteiger partial charge in [-0.2, -0.15) is 0 Å². The number of rotatable bonds is 6. The van der Waals surface area contributed by atoms with Crippen molar-refractivity contribution in [3.05, 3.63) is 21.9 Å². The van der Waals surface area contributed by atoms with Crippen molar-refractivity contribution in [2.75, 3.05) is 0 Å². The van der Waals surface area contributed by atoms with Crippen LogP contribution in [0.2, 0.25) is 0 Å². The molecule has 1 fully saturated rings. The van der Waals surface area contributed by atoms with E-state index in [0.29, 0.717) is 17.8 Å². The topological polar surface area (TPSA) is 37.3 Å². The van der Waals surface area contributed by atoms with Crippen molar-refractivity contribution >= 4 is 17.3 Å². The lowest BCUT2D eigenvalue weighted by atomic mass is 9.99. The fourth-order valence-electron chi connectivity index (χ4n) is 2.64. The quantitative estimate of drug-likeness (QED) is 0.849. The Morgan fingerprint density at radius 3 is 2.44 bits per heavy atom. The summed E-state index contributed by atoms with van der Waals surface area (Å²) in [5, 5.41) is 8.94. The molecule has 0 aromatic carbocycles. The largest absolute Gasteiger partial charge is 0.481 e. The Labute approximate surface area is 113 Å². The Hall–Kier alpha value is -0.830. The van der Waals surface area contributed by atoms with Crippen molar-refractivity contribution in [3.63, 3.8) is 0 Å². The third-order valence-corrected chi connectivity index (χ3v) is 4.87. The molecule has 0 radical (unpaired) electrons. The summed E-state index contributed by atoms with van der Waals surface area (Å²) < 4.78 is 0. The Morgan fingerprint density at radius 1 is 1.33 bits per heavy atom. The monoisotopic (exact) mass is 266 g/mol. The predicted molar refractivity (Wildman–Crippen MR) is 75.0 cm³/mol. The van der Waals surface area contributed by atoms with Crippen molar-refractivity contribution in [2.24, 2.45) is 23.7 Å². The molecule has 0 saturated heterocycles. The molecular weight excluding hydrogens is 244 g/mol. The first-order valence-electron chi connectivity index (χ1n) is 6.77. The molecule has 1 aliphatic carbocycles. The lowest BCUT2D eigenvalue weighted by Gasteiger charge is -2.08. The molecular formula is C15H22O2S.